The quantitative estimate of drug-likeness (QED) is 0.673. The maximum atomic E-state index is 13.1. The number of imide groups is 1. The summed E-state index contributed by atoms with van der Waals surface area (Å²) in [6.07, 6.45) is 0. The molecule has 0 radical (unpaired) electrons. The Hall–Kier alpha value is -3.06. The number of hydrogen-bond donors (Lipinski definition) is 1. The molecule has 1 saturated heterocycles. The lowest BCUT2D eigenvalue weighted by Crippen LogP contribution is -2.41. The van der Waals surface area contributed by atoms with Gasteiger partial charge in [-0.25, -0.2) is 14.2 Å². The lowest BCUT2D eigenvalue weighted by molar-refractivity contribution is -0.131. The zero-order valence-electron chi connectivity index (χ0n) is 15.4. The van der Waals surface area contributed by atoms with E-state index in [1.54, 1.807) is 19.1 Å². The predicted octanol–water partition coefficient (Wildman–Crippen LogP) is 4.22. The van der Waals surface area contributed by atoms with Crippen molar-refractivity contribution in [1.29, 1.82) is 0 Å². The molecule has 0 saturated carbocycles. The summed E-state index contributed by atoms with van der Waals surface area (Å²) in [5.74, 6) is -0.613. The predicted molar refractivity (Wildman–Crippen MR) is 105 cm³/mol. The lowest BCUT2D eigenvalue weighted by Gasteiger charge is -2.24. The van der Waals surface area contributed by atoms with E-state index in [4.69, 9.17) is 0 Å². The van der Waals surface area contributed by atoms with E-state index in [0.29, 0.717) is 10.7 Å². The molecule has 0 aliphatic carbocycles. The molecule has 5 nitrogen and oxygen atoms in total. The Bertz CT molecular complexity index is 1060. The number of hydrogen-bond acceptors (Lipinski definition) is 4. The summed E-state index contributed by atoms with van der Waals surface area (Å²) in [4.78, 5) is 31.3. The van der Waals surface area contributed by atoms with E-state index in [1.807, 2.05) is 36.6 Å². The van der Waals surface area contributed by atoms with E-state index in [1.165, 1.54) is 28.4 Å². The van der Waals surface area contributed by atoms with Crippen molar-refractivity contribution in [3.63, 3.8) is 0 Å². The molecule has 1 aliphatic heterocycles. The Morgan fingerprint density at radius 3 is 2.57 bits per heavy atom. The van der Waals surface area contributed by atoms with Crippen LogP contribution in [0.5, 0.6) is 0 Å². The summed E-state index contributed by atoms with van der Waals surface area (Å²) in [6.45, 7) is 3.72. The summed E-state index contributed by atoms with van der Waals surface area (Å²) in [5.41, 5.74) is 2.02. The summed E-state index contributed by atoms with van der Waals surface area (Å²) >= 11 is 1.39. The summed E-state index contributed by atoms with van der Waals surface area (Å²) in [7, 11) is 0. The molecular formula is C21H18FN3O2S. The van der Waals surface area contributed by atoms with Crippen molar-refractivity contribution in [3.05, 3.63) is 76.5 Å². The van der Waals surface area contributed by atoms with Crippen molar-refractivity contribution < 1.29 is 14.0 Å². The zero-order valence-corrected chi connectivity index (χ0v) is 16.2. The summed E-state index contributed by atoms with van der Waals surface area (Å²) in [6, 6.07) is 13.1. The van der Waals surface area contributed by atoms with Gasteiger partial charge in [0.25, 0.3) is 5.91 Å². The molecule has 1 atom stereocenters. The molecule has 1 unspecified atom stereocenters. The fraction of sp³-hybridized carbons (Fsp3) is 0.190. The lowest BCUT2D eigenvalue weighted by atomic mass is 9.88. The van der Waals surface area contributed by atoms with E-state index in [0.717, 1.165) is 16.7 Å². The summed E-state index contributed by atoms with van der Waals surface area (Å²) < 4.78 is 13.1. The molecule has 7 heteroatoms. The molecular weight excluding hydrogens is 377 g/mol. The minimum absolute atomic E-state index is 0.0871. The van der Waals surface area contributed by atoms with Crippen LogP contribution in [0.2, 0.25) is 0 Å². The van der Waals surface area contributed by atoms with Gasteiger partial charge in [-0.3, -0.25) is 9.69 Å². The van der Waals surface area contributed by atoms with E-state index >= 15 is 0 Å². The van der Waals surface area contributed by atoms with Gasteiger partial charge in [0, 0.05) is 10.9 Å². The van der Waals surface area contributed by atoms with Gasteiger partial charge >= 0.3 is 6.03 Å². The molecule has 28 heavy (non-hydrogen) atoms. The van der Waals surface area contributed by atoms with Crippen LogP contribution in [-0.4, -0.2) is 21.8 Å². The number of rotatable bonds is 4. The maximum absolute atomic E-state index is 13.1. The highest BCUT2D eigenvalue weighted by Gasteiger charge is 2.49. The number of carbonyl (C=O) groups is 2. The number of urea groups is 1. The highest BCUT2D eigenvalue weighted by atomic mass is 32.1. The first-order chi connectivity index (χ1) is 13.4. The number of halogens is 1. The number of amides is 3. The smallest absolute Gasteiger partial charge is 0.319 e. The topological polar surface area (TPSA) is 62.3 Å². The van der Waals surface area contributed by atoms with E-state index in [-0.39, 0.29) is 18.3 Å². The van der Waals surface area contributed by atoms with Gasteiger partial charge in [-0.15, -0.1) is 11.3 Å². The number of thiazole rings is 1. The van der Waals surface area contributed by atoms with Crippen molar-refractivity contribution in [1.82, 2.24) is 15.2 Å². The molecule has 0 bridgehead atoms. The fourth-order valence-corrected chi connectivity index (χ4v) is 4.24. The molecule has 0 spiro atoms. The first-order valence-electron chi connectivity index (χ1n) is 8.79. The van der Waals surface area contributed by atoms with Gasteiger partial charge in [-0.1, -0.05) is 24.3 Å². The van der Waals surface area contributed by atoms with Crippen LogP contribution in [0, 0.1) is 12.7 Å². The van der Waals surface area contributed by atoms with Crippen molar-refractivity contribution in [3.8, 4) is 10.6 Å². The van der Waals surface area contributed by atoms with Gasteiger partial charge in [0.15, 0.2) is 0 Å². The van der Waals surface area contributed by atoms with E-state index in [2.05, 4.69) is 10.3 Å². The van der Waals surface area contributed by atoms with E-state index < -0.39 is 11.6 Å². The van der Waals surface area contributed by atoms with Crippen molar-refractivity contribution in [2.45, 2.75) is 25.9 Å². The number of aromatic nitrogens is 1. The third kappa shape index (κ3) is 3.07. The standard InChI is InChI=1S/C21H18FN3O2S/c1-13-5-3-4-6-17(13)21(2)19(26)25(20(27)24-21)11-16-12-28-18(23-16)14-7-9-15(22)10-8-14/h3-10,12H,11H2,1-2H3,(H,24,27). The number of aryl methyl sites for hydroxylation is 1. The molecule has 4 rings (SSSR count). The van der Waals surface area contributed by atoms with Gasteiger partial charge in [0.2, 0.25) is 0 Å². The SMILES string of the molecule is Cc1ccccc1C1(C)NC(=O)N(Cc2csc(-c3ccc(F)cc3)n2)C1=O. The fourth-order valence-electron chi connectivity index (χ4n) is 3.42. The molecule has 142 valence electrons. The first kappa shape index (κ1) is 18.3. The van der Waals surface area contributed by atoms with Gasteiger partial charge in [-0.2, -0.15) is 0 Å². The summed E-state index contributed by atoms with van der Waals surface area (Å²) in [5, 5.41) is 5.34. The molecule has 3 aromatic rings. The molecule has 2 heterocycles. The Kier molecular flexibility index (Phi) is 4.47. The second-order valence-electron chi connectivity index (χ2n) is 6.91. The Labute approximate surface area is 165 Å². The number of carbonyl (C=O) groups excluding carboxylic acids is 2. The van der Waals surface area contributed by atoms with Crippen LogP contribution < -0.4 is 5.32 Å². The first-order valence-corrected chi connectivity index (χ1v) is 9.67. The third-order valence-corrected chi connectivity index (χ3v) is 5.86. The van der Waals surface area contributed by atoms with Crippen LogP contribution in [0.1, 0.15) is 23.7 Å². The second kappa shape index (κ2) is 6.83. The normalized spacial score (nSPS) is 19.2. The van der Waals surface area contributed by atoms with Crippen LogP contribution >= 0.6 is 11.3 Å². The Morgan fingerprint density at radius 2 is 1.86 bits per heavy atom. The minimum atomic E-state index is -1.10. The second-order valence-corrected chi connectivity index (χ2v) is 7.77. The average molecular weight is 395 g/mol. The molecule has 1 N–H and O–H groups in total. The molecule has 1 fully saturated rings. The highest BCUT2D eigenvalue weighted by Crippen LogP contribution is 2.32. The van der Waals surface area contributed by atoms with Crippen LogP contribution in [0.25, 0.3) is 10.6 Å². The maximum Gasteiger partial charge on any atom is 0.325 e. The minimum Gasteiger partial charge on any atom is -0.319 e. The molecule has 1 aromatic heterocycles. The molecule has 1 aliphatic rings. The van der Waals surface area contributed by atoms with Crippen LogP contribution in [0.4, 0.5) is 9.18 Å². The van der Waals surface area contributed by atoms with E-state index in [9.17, 15) is 14.0 Å². The van der Waals surface area contributed by atoms with Crippen molar-refractivity contribution in [2.24, 2.45) is 0 Å². The number of nitrogens with zero attached hydrogens (tertiary/aromatic N) is 2. The Balaban J connectivity index is 1.58. The molecule has 3 amide bonds. The number of benzene rings is 2. The Morgan fingerprint density at radius 1 is 1.14 bits per heavy atom. The van der Waals surface area contributed by atoms with Gasteiger partial charge in [0.05, 0.1) is 12.2 Å². The number of nitrogens with one attached hydrogen (secondary N) is 1. The average Bonchev–Trinajstić information content (AvgIpc) is 3.22. The monoisotopic (exact) mass is 395 g/mol. The van der Waals surface area contributed by atoms with Gasteiger partial charge in [-0.05, 0) is 49.2 Å². The van der Waals surface area contributed by atoms with Gasteiger partial charge in [0.1, 0.15) is 16.4 Å². The third-order valence-electron chi connectivity index (χ3n) is 4.92. The van der Waals surface area contributed by atoms with Crippen LogP contribution in [0.15, 0.2) is 53.9 Å². The zero-order chi connectivity index (χ0) is 19.9. The largest absolute Gasteiger partial charge is 0.325 e. The van der Waals surface area contributed by atoms with Crippen LogP contribution in [0.3, 0.4) is 0 Å². The highest BCUT2D eigenvalue weighted by molar-refractivity contribution is 7.13. The van der Waals surface area contributed by atoms with Crippen molar-refractivity contribution >= 4 is 23.3 Å². The van der Waals surface area contributed by atoms with Crippen molar-refractivity contribution in [2.75, 3.05) is 0 Å². The van der Waals surface area contributed by atoms with Crippen LogP contribution in [-0.2, 0) is 16.9 Å². The van der Waals surface area contributed by atoms with Gasteiger partial charge < -0.3 is 5.32 Å². The molecule has 2 aromatic carbocycles.